The van der Waals surface area contributed by atoms with Crippen molar-refractivity contribution in [3.63, 3.8) is 0 Å². The number of methoxy groups -OCH3 is 1. The Labute approximate surface area is 86.1 Å². The molecule has 0 aliphatic carbocycles. The van der Waals surface area contributed by atoms with Gasteiger partial charge in [0.25, 0.3) is 0 Å². The lowest BCUT2D eigenvalue weighted by molar-refractivity contribution is -0.422. The van der Waals surface area contributed by atoms with Crippen LogP contribution in [0.3, 0.4) is 0 Å². The highest BCUT2D eigenvalue weighted by Crippen LogP contribution is 2.19. The smallest absolute Gasteiger partial charge is 0.243 e. The fourth-order valence-corrected chi connectivity index (χ4v) is 1.06. The van der Waals surface area contributed by atoms with Gasteiger partial charge in [0.15, 0.2) is 11.6 Å². The summed E-state index contributed by atoms with van der Waals surface area (Å²) in [7, 11) is 1.34. The van der Waals surface area contributed by atoms with Gasteiger partial charge in [0.2, 0.25) is 5.70 Å². The van der Waals surface area contributed by atoms with Crippen LogP contribution in [0.15, 0.2) is 23.9 Å². The number of nitrogens with zero attached hydrogens (tertiary/aromatic N) is 1. The molecule has 0 N–H and O–H groups in total. The third-order valence-corrected chi connectivity index (χ3v) is 1.84. The summed E-state index contributed by atoms with van der Waals surface area (Å²) in [5.74, 6) is -0.423. The monoisotopic (exact) mass is 211 g/mol. The fourth-order valence-electron chi connectivity index (χ4n) is 1.06. The van der Waals surface area contributed by atoms with E-state index in [9.17, 15) is 14.5 Å². The van der Waals surface area contributed by atoms with Crippen LogP contribution in [-0.2, 0) is 0 Å². The van der Waals surface area contributed by atoms with E-state index in [-0.39, 0.29) is 11.4 Å². The molecule has 0 bridgehead atoms. The van der Waals surface area contributed by atoms with Gasteiger partial charge in [-0.1, -0.05) is 6.07 Å². The SMILES string of the molecule is COc1cc(/C=C(\C)[N+](=O)[O-])ccc1F. The summed E-state index contributed by atoms with van der Waals surface area (Å²) >= 11 is 0. The highest BCUT2D eigenvalue weighted by molar-refractivity contribution is 5.53. The van der Waals surface area contributed by atoms with E-state index in [0.717, 1.165) is 0 Å². The van der Waals surface area contributed by atoms with E-state index in [4.69, 9.17) is 4.74 Å². The molecule has 1 aromatic carbocycles. The van der Waals surface area contributed by atoms with Crippen LogP contribution >= 0.6 is 0 Å². The zero-order valence-electron chi connectivity index (χ0n) is 8.36. The van der Waals surface area contributed by atoms with Crippen LogP contribution < -0.4 is 4.74 Å². The van der Waals surface area contributed by atoms with E-state index >= 15 is 0 Å². The maximum absolute atomic E-state index is 13.0. The molecule has 4 nitrogen and oxygen atoms in total. The normalized spacial score (nSPS) is 11.3. The number of rotatable bonds is 3. The first-order chi connectivity index (χ1) is 7.04. The topological polar surface area (TPSA) is 52.4 Å². The Kier molecular flexibility index (Phi) is 3.38. The minimum absolute atomic E-state index is 0.0105. The molecule has 0 saturated heterocycles. The van der Waals surface area contributed by atoms with Gasteiger partial charge in [0.1, 0.15) is 0 Å². The van der Waals surface area contributed by atoms with Crippen molar-refractivity contribution >= 4 is 6.08 Å². The van der Waals surface area contributed by atoms with E-state index in [1.54, 1.807) is 0 Å². The average molecular weight is 211 g/mol. The lowest BCUT2D eigenvalue weighted by Crippen LogP contribution is -1.94. The second-order valence-corrected chi connectivity index (χ2v) is 2.94. The third-order valence-electron chi connectivity index (χ3n) is 1.84. The highest BCUT2D eigenvalue weighted by atomic mass is 19.1. The molecule has 0 spiro atoms. The first-order valence-electron chi connectivity index (χ1n) is 4.21. The Balaban J connectivity index is 3.07. The molecule has 1 rings (SSSR count). The predicted molar refractivity (Wildman–Crippen MR) is 53.6 cm³/mol. The minimum atomic E-state index is -0.504. The lowest BCUT2D eigenvalue weighted by Gasteiger charge is -2.02. The van der Waals surface area contributed by atoms with Gasteiger partial charge in [-0.25, -0.2) is 4.39 Å². The van der Waals surface area contributed by atoms with Crippen molar-refractivity contribution in [1.29, 1.82) is 0 Å². The minimum Gasteiger partial charge on any atom is -0.494 e. The van der Waals surface area contributed by atoms with Crippen molar-refractivity contribution in [2.75, 3.05) is 7.11 Å². The van der Waals surface area contributed by atoms with Gasteiger partial charge < -0.3 is 4.74 Å². The maximum Gasteiger partial charge on any atom is 0.243 e. The molecular weight excluding hydrogens is 201 g/mol. The molecule has 0 unspecified atom stereocenters. The second-order valence-electron chi connectivity index (χ2n) is 2.94. The summed E-state index contributed by atoms with van der Waals surface area (Å²) < 4.78 is 17.7. The Morgan fingerprint density at radius 1 is 1.60 bits per heavy atom. The zero-order chi connectivity index (χ0) is 11.4. The van der Waals surface area contributed by atoms with Crippen molar-refractivity contribution in [2.24, 2.45) is 0 Å². The van der Waals surface area contributed by atoms with Crippen LogP contribution in [0.2, 0.25) is 0 Å². The largest absolute Gasteiger partial charge is 0.494 e. The summed E-state index contributed by atoms with van der Waals surface area (Å²) in [5, 5.41) is 10.4. The van der Waals surface area contributed by atoms with Crippen LogP contribution in [0, 0.1) is 15.9 Å². The number of benzene rings is 1. The summed E-state index contributed by atoms with van der Waals surface area (Å²) in [4.78, 5) is 9.85. The number of allylic oxidation sites excluding steroid dienone is 1. The summed E-state index contributed by atoms with van der Waals surface area (Å²) in [6.45, 7) is 1.37. The Morgan fingerprint density at radius 2 is 2.27 bits per heavy atom. The van der Waals surface area contributed by atoms with Crippen molar-refractivity contribution in [1.82, 2.24) is 0 Å². The van der Waals surface area contributed by atoms with Gasteiger partial charge in [-0.15, -0.1) is 0 Å². The average Bonchev–Trinajstić information content (AvgIpc) is 2.20. The van der Waals surface area contributed by atoms with Gasteiger partial charge in [-0.05, 0) is 17.7 Å². The van der Waals surface area contributed by atoms with Crippen LogP contribution in [0.5, 0.6) is 5.75 Å². The first-order valence-corrected chi connectivity index (χ1v) is 4.21. The molecular formula is C10H10FNO3. The quantitative estimate of drug-likeness (QED) is 0.570. The Morgan fingerprint density at radius 3 is 2.80 bits per heavy atom. The van der Waals surface area contributed by atoms with Gasteiger partial charge in [-0.2, -0.15) is 0 Å². The molecule has 15 heavy (non-hydrogen) atoms. The van der Waals surface area contributed by atoms with E-state index in [1.807, 2.05) is 0 Å². The van der Waals surface area contributed by atoms with E-state index < -0.39 is 10.7 Å². The van der Waals surface area contributed by atoms with Crippen molar-refractivity contribution in [2.45, 2.75) is 6.92 Å². The summed E-state index contributed by atoms with van der Waals surface area (Å²) in [5.41, 5.74) is 0.520. The van der Waals surface area contributed by atoms with Crippen LogP contribution in [0.4, 0.5) is 4.39 Å². The lowest BCUT2D eigenvalue weighted by atomic mass is 10.2. The maximum atomic E-state index is 13.0. The Hall–Kier alpha value is -1.91. The van der Waals surface area contributed by atoms with Gasteiger partial charge in [0, 0.05) is 13.0 Å². The van der Waals surface area contributed by atoms with Gasteiger partial charge in [-0.3, -0.25) is 10.1 Å². The zero-order valence-corrected chi connectivity index (χ0v) is 8.36. The highest BCUT2D eigenvalue weighted by Gasteiger charge is 2.05. The van der Waals surface area contributed by atoms with Crippen LogP contribution in [0.25, 0.3) is 6.08 Å². The number of halogens is 1. The van der Waals surface area contributed by atoms with Crippen molar-refractivity contribution < 1.29 is 14.1 Å². The van der Waals surface area contributed by atoms with Crippen molar-refractivity contribution in [3.8, 4) is 5.75 Å². The number of ether oxygens (including phenoxy) is 1. The molecule has 0 heterocycles. The van der Waals surface area contributed by atoms with Crippen molar-refractivity contribution in [3.05, 3.63) is 45.4 Å². The molecule has 5 heteroatoms. The molecule has 0 saturated carbocycles. The fraction of sp³-hybridized carbons (Fsp3) is 0.200. The third kappa shape index (κ3) is 2.77. The van der Waals surface area contributed by atoms with Gasteiger partial charge in [0.05, 0.1) is 12.0 Å². The number of hydrogen-bond acceptors (Lipinski definition) is 3. The van der Waals surface area contributed by atoms with Crippen LogP contribution in [0.1, 0.15) is 12.5 Å². The molecule has 0 fully saturated rings. The van der Waals surface area contributed by atoms with E-state index in [0.29, 0.717) is 5.56 Å². The summed E-state index contributed by atoms with van der Waals surface area (Å²) in [6.07, 6.45) is 1.35. The van der Waals surface area contributed by atoms with E-state index in [1.165, 1.54) is 38.3 Å². The standard InChI is InChI=1S/C10H10FNO3/c1-7(12(13)14)5-8-3-4-9(11)10(6-8)15-2/h3-6H,1-2H3/b7-5+. The second kappa shape index (κ2) is 4.54. The molecule has 0 amide bonds. The molecule has 0 atom stereocenters. The number of nitro groups is 1. The Bertz CT molecular complexity index is 415. The van der Waals surface area contributed by atoms with Gasteiger partial charge >= 0.3 is 0 Å². The van der Waals surface area contributed by atoms with Crippen LogP contribution in [-0.4, -0.2) is 12.0 Å². The van der Waals surface area contributed by atoms with E-state index in [2.05, 4.69) is 0 Å². The summed E-state index contributed by atoms with van der Waals surface area (Å²) in [6, 6.07) is 4.06. The molecule has 80 valence electrons. The molecule has 0 aliphatic heterocycles. The molecule has 0 aromatic heterocycles. The molecule has 1 aromatic rings. The predicted octanol–water partition coefficient (Wildman–Crippen LogP) is 2.47. The number of hydrogen-bond donors (Lipinski definition) is 0. The molecule has 0 radical (unpaired) electrons. The first kappa shape index (κ1) is 11.2. The molecule has 0 aliphatic rings.